The molecule has 39 heavy (non-hydrogen) atoms. The molecule has 0 amide bonds. The first kappa shape index (κ1) is 31.3. The fourth-order valence-electron chi connectivity index (χ4n) is 4.43. The van der Waals surface area contributed by atoms with E-state index in [4.69, 9.17) is 28.4 Å². The van der Waals surface area contributed by atoms with Crippen molar-refractivity contribution in [2.45, 2.75) is 81.0 Å². The third-order valence-corrected chi connectivity index (χ3v) is 6.70. The SMILES string of the molecule is C/C=C1/[C@H](O[C@@H]2O[C@H](CO)[C@@H](O)[C@H](O)[C@H]2O)OC=C(C(=O)OC)[C@H]1CC(=O)O[C@@H]1O[C@H](CO)[C@@H](O)[C@H](O)[C@H]1O. The first-order chi connectivity index (χ1) is 18.5. The molecule has 0 saturated carbocycles. The number of carbonyl (C=O) groups excluding carboxylic acids is 2. The molecule has 3 aliphatic heterocycles. The molecule has 8 N–H and O–H groups in total. The Hall–Kier alpha value is -2.22. The van der Waals surface area contributed by atoms with Gasteiger partial charge in [0.2, 0.25) is 12.6 Å². The summed E-state index contributed by atoms with van der Waals surface area (Å²) in [4.78, 5) is 25.3. The van der Waals surface area contributed by atoms with Crippen molar-refractivity contribution >= 4 is 11.9 Å². The predicted octanol–water partition coefficient (Wildman–Crippen LogP) is -4.49. The molecule has 0 bridgehead atoms. The molecule has 3 aliphatic rings. The van der Waals surface area contributed by atoms with Gasteiger partial charge in [-0.05, 0) is 6.92 Å². The van der Waals surface area contributed by atoms with Gasteiger partial charge < -0.3 is 69.3 Å². The van der Waals surface area contributed by atoms with E-state index in [0.717, 1.165) is 13.4 Å². The van der Waals surface area contributed by atoms with Crippen LogP contribution in [0, 0.1) is 5.92 Å². The molecule has 2 fully saturated rings. The van der Waals surface area contributed by atoms with Gasteiger partial charge >= 0.3 is 11.9 Å². The number of ether oxygens (including phenoxy) is 6. The topological polar surface area (TPSA) is 251 Å². The lowest BCUT2D eigenvalue weighted by Crippen LogP contribution is -2.60. The first-order valence-electron chi connectivity index (χ1n) is 12.0. The van der Waals surface area contributed by atoms with Crippen molar-refractivity contribution in [2.24, 2.45) is 5.92 Å². The van der Waals surface area contributed by atoms with Crippen LogP contribution in [0.2, 0.25) is 0 Å². The second kappa shape index (κ2) is 13.4. The maximum atomic E-state index is 12.9. The molecule has 3 heterocycles. The molecular weight excluding hydrogens is 532 g/mol. The van der Waals surface area contributed by atoms with E-state index in [1.807, 2.05) is 0 Å². The Morgan fingerprint density at radius 2 is 1.41 bits per heavy atom. The minimum atomic E-state index is -1.85. The zero-order valence-electron chi connectivity index (χ0n) is 21.0. The highest BCUT2D eigenvalue weighted by molar-refractivity contribution is 5.90. The zero-order chi connectivity index (χ0) is 29.0. The quantitative estimate of drug-likeness (QED) is 0.102. The van der Waals surface area contributed by atoms with Crippen LogP contribution in [0.15, 0.2) is 23.5 Å². The molecule has 0 unspecified atom stereocenters. The number of hydrogen-bond acceptors (Lipinski definition) is 16. The van der Waals surface area contributed by atoms with Gasteiger partial charge in [-0.2, -0.15) is 0 Å². The molecule has 0 aliphatic carbocycles. The first-order valence-corrected chi connectivity index (χ1v) is 12.0. The van der Waals surface area contributed by atoms with Crippen LogP contribution in [-0.4, -0.2) is 141 Å². The summed E-state index contributed by atoms with van der Waals surface area (Å²) < 4.78 is 31.5. The fourth-order valence-corrected chi connectivity index (χ4v) is 4.43. The highest BCUT2D eigenvalue weighted by Crippen LogP contribution is 2.36. The van der Waals surface area contributed by atoms with Crippen molar-refractivity contribution in [3.63, 3.8) is 0 Å². The molecule has 0 aromatic carbocycles. The van der Waals surface area contributed by atoms with Crippen molar-refractivity contribution < 1.29 is 78.9 Å². The normalized spacial score (nSPS) is 41.9. The summed E-state index contributed by atoms with van der Waals surface area (Å²) >= 11 is 0. The van der Waals surface area contributed by atoms with E-state index in [0.29, 0.717) is 0 Å². The van der Waals surface area contributed by atoms with Crippen molar-refractivity contribution in [1.82, 2.24) is 0 Å². The molecule has 2 saturated heterocycles. The second-order valence-electron chi connectivity index (χ2n) is 9.10. The Kier molecular flexibility index (Phi) is 10.8. The molecule has 16 nitrogen and oxygen atoms in total. The number of allylic oxidation sites excluding steroid dienone is 1. The molecule has 0 radical (unpaired) electrons. The standard InChI is InChI=1S/C23H34O16/c1-3-8-9(4-13(26)38-22-18(31)16(29)14(27)11(5-24)36-22)10(20(33)34-2)7-35-21(8)39-23-19(32)17(30)15(28)12(6-25)37-23/h3,7,9,11-12,14-19,21-25,27-32H,4-6H2,1-2H3/b8-3+/t9-,11+,12+,14+,15+,16-,17-,18+,19+,21-,22-,23-/m0/s1. The van der Waals surface area contributed by atoms with Gasteiger partial charge in [0, 0.05) is 11.5 Å². The van der Waals surface area contributed by atoms with E-state index in [2.05, 4.69) is 0 Å². The van der Waals surface area contributed by atoms with Crippen LogP contribution in [0.5, 0.6) is 0 Å². The number of methoxy groups -OCH3 is 1. The summed E-state index contributed by atoms with van der Waals surface area (Å²) in [5.74, 6) is -3.01. The third-order valence-electron chi connectivity index (χ3n) is 6.70. The van der Waals surface area contributed by atoms with Gasteiger partial charge in [0.15, 0.2) is 6.29 Å². The van der Waals surface area contributed by atoms with Crippen LogP contribution in [0.25, 0.3) is 0 Å². The van der Waals surface area contributed by atoms with Crippen LogP contribution in [-0.2, 0) is 38.0 Å². The summed E-state index contributed by atoms with van der Waals surface area (Å²) in [6.45, 7) is 0.0813. The second-order valence-corrected chi connectivity index (χ2v) is 9.10. The summed E-state index contributed by atoms with van der Waals surface area (Å²) in [7, 11) is 1.10. The lowest BCUT2D eigenvalue weighted by molar-refractivity contribution is -0.327. The Balaban J connectivity index is 1.79. The van der Waals surface area contributed by atoms with Crippen molar-refractivity contribution in [3.8, 4) is 0 Å². The van der Waals surface area contributed by atoms with Gasteiger partial charge in [-0.25, -0.2) is 4.79 Å². The van der Waals surface area contributed by atoms with Gasteiger partial charge in [0.05, 0.1) is 38.6 Å². The Morgan fingerprint density at radius 3 is 1.92 bits per heavy atom. The van der Waals surface area contributed by atoms with Gasteiger partial charge in [0.25, 0.3) is 0 Å². The predicted molar refractivity (Wildman–Crippen MR) is 122 cm³/mol. The lowest BCUT2D eigenvalue weighted by atomic mass is 9.86. The highest BCUT2D eigenvalue weighted by Gasteiger charge is 2.48. The largest absolute Gasteiger partial charge is 0.468 e. The minimum absolute atomic E-state index is 0.134. The van der Waals surface area contributed by atoms with Crippen LogP contribution in [0.4, 0.5) is 0 Å². The van der Waals surface area contributed by atoms with E-state index in [9.17, 15) is 50.4 Å². The van der Waals surface area contributed by atoms with E-state index in [1.54, 1.807) is 0 Å². The molecule has 12 atom stereocenters. The fraction of sp³-hybridized carbons (Fsp3) is 0.739. The minimum Gasteiger partial charge on any atom is -0.468 e. The Bertz CT molecular complexity index is 918. The zero-order valence-corrected chi connectivity index (χ0v) is 21.0. The van der Waals surface area contributed by atoms with Crippen molar-refractivity contribution in [1.29, 1.82) is 0 Å². The van der Waals surface area contributed by atoms with Gasteiger partial charge in [-0.15, -0.1) is 0 Å². The number of esters is 2. The molecule has 222 valence electrons. The smallest absolute Gasteiger partial charge is 0.337 e. The Labute approximate surface area is 222 Å². The maximum Gasteiger partial charge on any atom is 0.337 e. The number of aliphatic hydroxyl groups excluding tert-OH is 8. The molecule has 0 spiro atoms. The van der Waals surface area contributed by atoms with Crippen molar-refractivity contribution in [2.75, 3.05) is 20.3 Å². The summed E-state index contributed by atoms with van der Waals surface area (Å²) in [6, 6.07) is 0. The average Bonchev–Trinajstić information content (AvgIpc) is 2.93. The summed E-state index contributed by atoms with van der Waals surface area (Å²) in [5, 5.41) is 79.1. The Morgan fingerprint density at radius 1 is 0.872 bits per heavy atom. The van der Waals surface area contributed by atoms with Crippen molar-refractivity contribution in [3.05, 3.63) is 23.5 Å². The van der Waals surface area contributed by atoms with Gasteiger partial charge in [0.1, 0.15) is 48.8 Å². The summed E-state index contributed by atoms with van der Waals surface area (Å²) in [6.07, 6.45) is -15.9. The molecule has 3 rings (SSSR count). The van der Waals surface area contributed by atoms with Crippen LogP contribution in [0.3, 0.4) is 0 Å². The van der Waals surface area contributed by atoms with Gasteiger partial charge in [-0.1, -0.05) is 6.08 Å². The lowest BCUT2D eigenvalue weighted by Gasteiger charge is -2.42. The molecular formula is C23H34O16. The van der Waals surface area contributed by atoms with Gasteiger partial charge in [-0.3, -0.25) is 4.79 Å². The number of carbonyl (C=O) groups is 2. The van der Waals surface area contributed by atoms with E-state index in [1.165, 1.54) is 13.0 Å². The van der Waals surface area contributed by atoms with E-state index >= 15 is 0 Å². The summed E-state index contributed by atoms with van der Waals surface area (Å²) in [5.41, 5.74) is 0.0191. The van der Waals surface area contributed by atoms with E-state index < -0.39 is 105 Å². The number of rotatable bonds is 8. The third kappa shape index (κ3) is 6.58. The number of aliphatic hydroxyl groups is 8. The molecule has 0 aromatic heterocycles. The maximum absolute atomic E-state index is 12.9. The van der Waals surface area contributed by atoms with E-state index in [-0.39, 0.29) is 11.1 Å². The van der Waals surface area contributed by atoms with Crippen LogP contribution in [0.1, 0.15) is 13.3 Å². The highest BCUT2D eigenvalue weighted by atomic mass is 16.8. The monoisotopic (exact) mass is 566 g/mol. The van der Waals surface area contributed by atoms with Crippen LogP contribution < -0.4 is 0 Å². The number of hydrogen-bond donors (Lipinski definition) is 8. The molecule has 0 aromatic rings. The van der Waals surface area contributed by atoms with Crippen LogP contribution >= 0.6 is 0 Å². The molecule has 16 heteroatoms. The average molecular weight is 567 g/mol.